The van der Waals surface area contributed by atoms with Crippen molar-refractivity contribution in [3.63, 3.8) is 0 Å². The third kappa shape index (κ3) is 2.88. The van der Waals surface area contributed by atoms with Gasteiger partial charge in [-0.3, -0.25) is 4.90 Å². The molecule has 0 aromatic carbocycles. The molecule has 2 N–H and O–H groups in total. The summed E-state index contributed by atoms with van der Waals surface area (Å²) < 4.78 is 0. The van der Waals surface area contributed by atoms with Crippen molar-refractivity contribution < 1.29 is 4.79 Å². The number of likely N-dealkylation sites (tertiary alicyclic amines) is 1. The van der Waals surface area contributed by atoms with E-state index in [1.54, 1.807) is 7.05 Å². The van der Waals surface area contributed by atoms with E-state index in [4.69, 9.17) is 0 Å². The van der Waals surface area contributed by atoms with Gasteiger partial charge >= 0.3 is 6.03 Å². The van der Waals surface area contributed by atoms with Gasteiger partial charge in [-0.25, -0.2) is 4.79 Å². The lowest BCUT2D eigenvalue weighted by Gasteiger charge is -2.22. The zero-order chi connectivity index (χ0) is 9.68. The van der Waals surface area contributed by atoms with Gasteiger partial charge in [0.15, 0.2) is 0 Å². The molecule has 13 heavy (non-hydrogen) atoms. The second kappa shape index (κ2) is 5.07. The van der Waals surface area contributed by atoms with Crippen LogP contribution >= 0.6 is 0 Å². The molecule has 1 aliphatic heterocycles. The summed E-state index contributed by atoms with van der Waals surface area (Å²) in [6.07, 6.45) is 2.46. The lowest BCUT2D eigenvalue weighted by atomic mass is 10.2. The maximum atomic E-state index is 10.9. The molecule has 1 rings (SSSR count). The Morgan fingerprint density at radius 2 is 2.38 bits per heavy atom. The number of carbonyl (C=O) groups excluding carboxylic acids is 1. The van der Waals surface area contributed by atoms with Crippen LogP contribution in [0.2, 0.25) is 0 Å². The van der Waals surface area contributed by atoms with Crippen molar-refractivity contribution in [1.29, 1.82) is 0 Å². The molecule has 0 spiro atoms. The zero-order valence-corrected chi connectivity index (χ0v) is 8.47. The van der Waals surface area contributed by atoms with Gasteiger partial charge in [-0.2, -0.15) is 0 Å². The van der Waals surface area contributed by atoms with Crippen LogP contribution in [0.4, 0.5) is 4.79 Å². The van der Waals surface area contributed by atoms with Crippen molar-refractivity contribution in [1.82, 2.24) is 15.5 Å². The molecule has 1 saturated heterocycles. The summed E-state index contributed by atoms with van der Waals surface area (Å²) in [5.41, 5.74) is 0. The Hall–Kier alpha value is -0.770. The Morgan fingerprint density at radius 3 is 3.00 bits per heavy atom. The normalized spacial score (nSPS) is 23.1. The van der Waals surface area contributed by atoms with E-state index in [1.807, 2.05) is 0 Å². The second-order valence-corrected chi connectivity index (χ2v) is 3.38. The maximum absolute atomic E-state index is 10.9. The molecule has 0 unspecified atom stereocenters. The van der Waals surface area contributed by atoms with Crippen molar-refractivity contribution >= 4 is 6.03 Å². The van der Waals surface area contributed by atoms with Crippen molar-refractivity contribution in [2.75, 3.05) is 26.7 Å². The summed E-state index contributed by atoms with van der Waals surface area (Å²) in [6, 6.07) is 0.463. The molecule has 1 heterocycles. The van der Waals surface area contributed by atoms with Crippen LogP contribution in [0.3, 0.4) is 0 Å². The number of carbonyl (C=O) groups is 1. The highest BCUT2D eigenvalue weighted by Crippen LogP contribution is 2.15. The molecular weight excluding hydrogens is 166 g/mol. The molecule has 1 aliphatic rings. The van der Waals surface area contributed by atoms with Crippen LogP contribution in [0, 0.1) is 0 Å². The average molecular weight is 185 g/mol. The van der Waals surface area contributed by atoms with E-state index in [0.29, 0.717) is 6.04 Å². The number of urea groups is 1. The number of nitrogens with one attached hydrogen (secondary N) is 2. The fourth-order valence-electron chi connectivity index (χ4n) is 1.84. The van der Waals surface area contributed by atoms with Crippen molar-refractivity contribution in [3.05, 3.63) is 0 Å². The lowest BCUT2D eigenvalue weighted by molar-refractivity contribution is 0.230. The van der Waals surface area contributed by atoms with Crippen molar-refractivity contribution in [2.24, 2.45) is 0 Å². The largest absolute Gasteiger partial charge is 0.341 e. The Morgan fingerprint density at radius 1 is 1.62 bits per heavy atom. The van der Waals surface area contributed by atoms with Crippen LogP contribution in [-0.4, -0.2) is 43.7 Å². The zero-order valence-electron chi connectivity index (χ0n) is 8.47. The van der Waals surface area contributed by atoms with Crippen LogP contribution in [0.1, 0.15) is 19.8 Å². The van der Waals surface area contributed by atoms with Crippen LogP contribution in [0.15, 0.2) is 0 Å². The molecule has 0 radical (unpaired) electrons. The second-order valence-electron chi connectivity index (χ2n) is 3.38. The number of hydrogen-bond donors (Lipinski definition) is 2. The number of hydrogen-bond acceptors (Lipinski definition) is 2. The highest BCUT2D eigenvalue weighted by atomic mass is 16.2. The van der Waals surface area contributed by atoms with Gasteiger partial charge in [-0.15, -0.1) is 0 Å². The Labute approximate surface area is 79.7 Å². The smallest absolute Gasteiger partial charge is 0.314 e. The van der Waals surface area contributed by atoms with Crippen LogP contribution in [0.5, 0.6) is 0 Å². The van der Waals surface area contributed by atoms with E-state index < -0.39 is 0 Å². The van der Waals surface area contributed by atoms with Gasteiger partial charge in [0.2, 0.25) is 0 Å². The molecule has 0 aromatic rings. The highest BCUT2D eigenvalue weighted by molar-refractivity contribution is 5.73. The summed E-state index contributed by atoms with van der Waals surface area (Å²) in [6.45, 7) is 5.20. The molecule has 2 amide bonds. The summed E-state index contributed by atoms with van der Waals surface area (Å²) >= 11 is 0. The fraction of sp³-hybridized carbons (Fsp3) is 0.889. The monoisotopic (exact) mass is 185 g/mol. The Balaban J connectivity index is 2.23. The standard InChI is InChI=1S/C9H19N3O/c1-3-12-6-4-5-8(12)7-11-9(13)10-2/h8H,3-7H2,1-2H3,(H2,10,11,13)/t8-/m0/s1. The molecule has 76 valence electrons. The van der Waals surface area contributed by atoms with Gasteiger partial charge in [0, 0.05) is 19.6 Å². The van der Waals surface area contributed by atoms with Crippen LogP contribution < -0.4 is 10.6 Å². The molecule has 1 atom stereocenters. The van der Waals surface area contributed by atoms with E-state index in [-0.39, 0.29) is 6.03 Å². The predicted molar refractivity (Wildman–Crippen MR) is 52.7 cm³/mol. The van der Waals surface area contributed by atoms with Gasteiger partial charge in [0.05, 0.1) is 0 Å². The number of rotatable bonds is 3. The summed E-state index contributed by atoms with van der Waals surface area (Å²) in [4.78, 5) is 13.3. The first kappa shape index (κ1) is 10.3. The molecular formula is C9H19N3O. The van der Waals surface area contributed by atoms with Gasteiger partial charge in [-0.1, -0.05) is 6.92 Å². The number of nitrogens with zero attached hydrogens (tertiary/aromatic N) is 1. The lowest BCUT2D eigenvalue weighted by Crippen LogP contribution is -2.42. The van der Waals surface area contributed by atoms with Gasteiger partial charge < -0.3 is 10.6 Å². The first-order valence-electron chi connectivity index (χ1n) is 4.97. The summed E-state index contributed by atoms with van der Waals surface area (Å²) in [7, 11) is 1.64. The first-order chi connectivity index (χ1) is 6.27. The minimum Gasteiger partial charge on any atom is -0.341 e. The minimum absolute atomic E-state index is 0.0806. The molecule has 1 fully saturated rings. The molecule has 0 saturated carbocycles. The van der Waals surface area contributed by atoms with Gasteiger partial charge in [-0.05, 0) is 25.9 Å². The topological polar surface area (TPSA) is 44.4 Å². The number of likely N-dealkylation sites (N-methyl/N-ethyl adjacent to an activating group) is 1. The SMILES string of the molecule is CCN1CCC[C@H]1CNC(=O)NC. The Bertz CT molecular complexity index is 172. The predicted octanol–water partition coefficient (Wildman–Crippen LogP) is 0.400. The summed E-state index contributed by atoms with van der Waals surface area (Å²) in [5.74, 6) is 0. The third-order valence-corrected chi connectivity index (χ3v) is 2.63. The van der Waals surface area contributed by atoms with E-state index in [9.17, 15) is 4.79 Å². The quantitative estimate of drug-likeness (QED) is 0.668. The van der Waals surface area contributed by atoms with Crippen LogP contribution in [0.25, 0.3) is 0 Å². The molecule has 0 aromatic heterocycles. The fourth-order valence-corrected chi connectivity index (χ4v) is 1.84. The average Bonchev–Trinajstić information content (AvgIpc) is 2.61. The molecule has 0 bridgehead atoms. The molecule has 4 heteroatoms. The van der Waals surface area contributed by atoms with Gasteiger partial charge in [0.1, 0.15) is 0 Å². The van der Waals surface area contributed by atoms with Gasteiger partial charge in [0.25, 0.3) is 0 Å². The Kier molecular flexibility index (Phi) is 4.02. The first-order valence-corrected chi connectivity index (χ1v) is 4.97. The highest BCUT2D eigenvalue weighted by Gasteiger charge is 2.22. The van der Waals surface area contributed by atoms with E-state index in [0.717, 1.165) is 13.1 Å². The third-order valence-electron chi connectivity index (χ3n) is 2.63. The van der Waals surface area contributed by atoms with Crippen molar-refractivity contribution in [3.8, 4) is 0 Å². The van der Waals surface area contributed by atoms with Crippen molar-refractivity contribution in [2.45, 2.75) is 25.8 Å². The minimum atomic E-state index is -0.0806. The molecule has 0 aliphatic carbocycles. The number of amides is 2. The van der Waals surface area contributed by atoms with E-state index in [2.05, 4.69) is 22.5 Å². The maximum Gasteiger partial charge on any atom is 0.314 e. The van der Waals surface area contributed by atoms with E-state index >= 15 is 0 Å². The summed E-state index contributed by atoms with van der Waals surface area (Å²) in [5, 5.41) is 5.40. The van der Waals surface area contributed by atoms with E-state index in [1.165, 1.54) is 19.4 Å². The van der Waals surface area contributed by atoms with Crippen LogP contribution in [-0.2, 0) is 0 Å². The molecule has 4 nitrogen and oxygen atoms in total.